The van der Waals surface area contributed by atoms with E-state index in [9.17, 15) is 14.9 Å². The Kier molecular flexibility index (Phi) is 5.87. The maximum absolute atomic E-state index is 13.0. The van der Waals surface area contributed by atoms with Crippen LogP contribution in [0.5, 0.6) is 0 Å². The smallest absolute Gasteiger partial charge is 0.270 e. The first-order chi connectivity index (χ1) is 13.5. The number of nitrogens with one attached hydrogen (secondary N) is 1. The van der Waals surface area contributed by atoms with Crippen LogP contribution in [0, 0.1) is 17.0 Å². The Balaban J connectivity index is 2.02. The Bertz CT molecular complexity index is 1060. The van der Waals surface area contributed by atoms with Crippen LogP contribution in [0.1, 0.15) is 16.7 Å². The Hall–Kier alpha value is -3.44. The third kappa shape index (κ3) is 4.45. The quantitative estimate of drug-likeness (QED) is 0.260. The fourth-order valence-electron chi connectivity index (χ4n) is 2.73. The van der Waals surface area contributed by atoms with Gasteiger partial charge in [0.15, 0.2) is 0 Å². The number of halogens is 1. The van der Waals surface area contributed by atoms with Gasteiger partial charge in [0.05, 0.1) is 4.92 Å². The molecule has 0 aromatic heterocycles. The predicted octanol–water partition coefficient (Wildman–Crippen LogP) is 5.74. The monoisotopic (exact) mass is 392 g/mol. The van der Waals surface area contributed by atoms with Crippen molar-refractivity contribution in [1.29, 1.82) is 0 Å². The minimum Gasteiger partial charge on any atom is -0.322 e. The first-order valence-electron chi connectivity index (χ1n) is 8.54. The van der Waals surface area contributed by atoms with Gasteiger partial charge in [-0.1, -0.05) is 60.1 Å². The molecule has 140 valence electrons. The van der Waals surface area contributed by atoms with Gasteiger partial charge in [-0.15, -0.1) is 0 Å². The molecule has 0 aliphatic rings. The van der Waals surface area contributed by atoms with Crippen molar-refractivity contribution in [2.45, 2.75) is 6.92 Å². The first kappa shape index (κ1) is 19.3. The topological polar surface area (TPSA) is 72.2 Å². The largest absolute Gasteiger partial charge is 0.322 e. The lowest BCUT2D eigenvalue weighted by Gasteiger charge is -2.12. The summed E-state index contributed by atoms with van der Waals surface area (Å²) in [7, 11) is 0. The summed E-state index contributed by atoms with van der Waals surface area (Å²) in [5, 5.41) is 14.5. The molecule has 0 saturated carbocycles. The number of carbonyl (C=O) groups excluding carboxylic acids is 1. The van der Waals surface area contributed by atoms with Gasteiger partial charge >= 0.3 is 0 Å². The van der Waals surface area contributed by atoms with Gasteiger partial charge in [0, 0.05) is 28.4 Å². The highest BCUT2D eigenvalue weighted by Crippen LogP contribution is 2.26. The van der Waals surface area contributed by atoms with Gasteiger partial charge < -0.3 is 5.32 Å². The highest BCUT2D eigenvalue weighted by molar-refractivity contribution is 6.32. The molecule has 0 aliphatic heterocycles. The molecule has 3 aromatic carbocycles. The summed E-state index contributed by atoms with van der Waals surface area (Å²) in [6, 6.07) is 20.6. The van der Waals surface area contributed by atoms with Gasteiger partial charge in [-0.25, -0.2) is 0 Å². The minimum absolute atomic E-state index is 0.0349. The standard InChI is InChI=1S/C22H17ClN2O3/c1-15-20(23)11-6-12-21(15)24-22(26)19(17-8-3-2-4-9-17)14-16-7-5-10-18(13-16)25(27)28/h2-14H,1H3,(H,24,26). The van der Waals surface area contributed by atoms with E-state index in [4.69, 9.17) is 11.6 Å². The van der Waals surface area contributed by atoms with Gasteiger partial charge in [-0.2, -0.15) is 0 Å². The SMILES string of the molecule is Cc1c(Cl)cccc1NC(=O)C(=Cc1cccc([N+](=O)[O-])c1)c1ccccc1. The number of nitro benzene ring substituents is 1. The molecule has 0 bridgehead atoms. The lowest BCUT2D eigenvalue weighted by molar-refractivity contribution is -0.384. The Morgan fingerprint density at radius 3 is 2.46 bits per heavy atom. The predicted molar refractivity (Wildman–Crippen MR) is 112 cm³/mol. The number of amides is 1. The second kappa shape index (κ2) is 8.50. The van der Waals surface area contributed by atoms with Crippen LogP contribution >= 0.6 is 11.6 Å². The molecule has 1 amide bonds. The second-order valence-corrected chi connectivity index (χ2v) is 6.55. The van der Waals surface area contributed by atoms with E-state index in [1.54, 1.807) is 36.4 Å². The number of benzene rings is 3. The van der Waals surface area contributed by atoms with Crippen molar-refractivity contribution in [3.63, 3.8) is 0 Å². The van der Waals surface area contributed by atoms with E-state index in [-0.39, 0.29) is 11.6 Å². The van der Waals surface area contributed by atoms with Crippen molar-refractivity contribution in [2.75, 3.05) is 5.32 Å². The number of hydrogen-bond donors (Lipinski definition) is 1. The molecule has 0 fully saturated rings. The van der Waals surface area contributed by atoms with E-state index in [0.717, 1.165) is 5.56 Å². The summed E-state index contributed by atoms with van der Waals surface area (Å²) in [5.74, 6) is -0.330. The van der Waals surface area contributed by atoms with Crippen LogP contribution in [0.25, 0.3) is 11.6 Å². The zero-order valence-electron chi connectivity index (χ0n) is 15.1. The van der Waals surface area contributed by atoms with E-state index in [2.05, 4.69) is 5.32 Å². The number of carbonyl (C=O) groups is 1. The molecule has 3 aromatic rings. The van der Waals surface area contributed by atoms with E-state index in [0.29, 0.717) is 27.4 Å². The van der Waals surface area contributed by atoms with Gasteiger partial charge in [-0.05, 0) is 41.8 Å². The summed E-state index contributed by atoms with van der Waals surface area (Å²) in [6.07, 6.45) is 1.64. The van der Waals surface area contributed by atoms with Crippen molar-refractivity contribution in [1.82, 2.24) is 0 Å². The van der Waals surface area contributed by atoms with Gasteiger partial charge in [0.2, 0.25) is 0 Å². The van der Waals surface area contributed by atoms with Crippen molar-refractivity contribution in [3.05, 3.63) is 105 Å². The number of rotatable bonds is 5. The van der Waals surface area contributed by atoms with Crippen molar-refractivity contribution in [3.8, 4) is 0 Å². The Labute approximate surface area is 167 Å². The van der Waals surface area contributed by atoms with E-state index in [1.807, 2.05) is 37.3 Å². The molecule has 5 nitrogen and oxygen atoms in total. The molecular formula is C22H17ClN2O3. The fourth-order valence-corrected chi connectivity index (χ4v) is 2.90. The van der Waals surface area contributed by atoms with Crippen LogP contribution in [0.2, 0.25) is 5.02 Å². The molecular weight excluding hydrogens is 376 g/mol. The lowest BCUT2D eigenvalue weighted by atomic mass is 10.0. The number of nitrogens with zero attached hydrogens (tertiary/aromatic N) is 1. The lowest BCUT2D eigenvalue weighted by Crippen LogP contribution is -2.14. The zero-order valence-corrected chi connectivity index (χ0v) is 15.8. The number of anilines is 1. The molecule has 3 rings (SSSR count). The van der Waals surface area contributed by atoms with Gasteiger partial charge in [-0.3, -0.25) is 14.9 Å². The summed E-state index contributed by atoms with van der Waals surface area (Å²) < 4.78 is 0. The Morgan fingerprint density at radius 1 is 1.04 bits per heavy atom. The van der Waals surface area contributed by atoms with Crippen molar-refractivity contribution >= 4 is 40.5 Å². The van der Waals surface area contributed by atoms with Gasteiger partial charge in [0.1, 0.15) is 0 Å². The van der Waals surface area contributed by atoms with E-state index >= 15 is 0 Å². The average Bonchev–Trinajstić information content (AvgIpc) is 2.70. The maximum Gasteiger partial charge on any atom is 0.270 e. The summed E-state index contributed by atoms with van der Waals surface area (Å²) >= 11 is 6.14. The van der Waals surface area contributed by atoms with Crippen LogP contribution in [0.4, 0.5) is 11.4 Å². The highest BCUT2D eigenvalue weighted by Gasteiger charge is 2.15. The molecule has 1 N–H and O–H groups in total. The molecule has 0 aliphatic carbocycles. The van der Waals surface area contributed by atoms with E-state index in [1.165, 1.54) is 12.1 Å². The van der Waals surface area contributed by atoms with Crippen molar-refractivity contribution in [2.24, 2.45) is 0 Å². The average molecular weight is 393 g/mol. The Morgan fingerprint density at radius 2 is 1.75 bits per heavy atom. The van der Waals surface area contributed by atoms with Crippen LogP contribution < -0.4 is 5.32 Å². The number of nitro groups is 1. The number of hydrogen-bond acceptors (Lipinski definition) is 3. The molecule has 0 spiro atoms. The molecule has 0 unspecified atom stereocenters. The third-order valence-electron chi connectivity index (χ3n) is 4.24. The second-order valence-electron chi connectivity index (χ2n) is 6.14. The molecule has 0 saturated heterocycles. The molecule has 0 radical (unpaired) electrons. The zero-order chi connectivity index (χ0) is 20.1. The van der Waals surface area contributed by atoms with E-state index < -0.39 is 4.92 Å². The molecule has 0 heterocycles. The molecule has 0 atom stereocenters. The van der Waals surface area contributed by atoms with Gasteiger partial charge in [0.25, 0.3) is 11.6 Å². The highest BCUT2D eigenvalue weighted by atomic mass is 35.5. The summed E-state index contributed by atoms with van der Waals surface area (Å²) in [5.41, 5.74) is 2.99. The molecule has 6 heteroatoms. The normalized spacial score (nSPS) is 11.1. The van der Waals surface area contributed by atoms with Crippen LogP contribution in [0.3, 0.4) is 0 Å². The first-order valence-corrected chi connectivity index (χ1v) is 8.91. The van der Waals surface area contributed by atoms with Crippen LogP contribution in [-0.4, -0.2) is 10.8 Å². The van der Waals surface area contributed by atoms with Crippen LogP contribution in [0.15, 0.2) is 72.8 Å². The maximum atomic E-state index is 13.0. The van der Waals surface area contributed by atoms with Crippen LogP contribution in [-0.2, 0) is 4.79 Å². The summed E-state index contributed by atoms with van der Waals surface area (Å²) in [6.45, 7) is 1.82. The van der Waals surface area contributed by atoms with Crippen molar-refractivity contribution < 1.29 is 9.72 Å². The number of non-ortho nitro benzene ring substituents is 1. The minimum atomic E-state index is -0.463. The fraction of sp³-hybridized carbons (Fsp3) is 0.0455. The molecule has 28 heavy (non-hydrogen) atoms. The summed E-state index contributed by atoms with van der Waals surface area (Å²) in [4.78, 5) is 23.6. The third-order valence-corrected chi connectivity index (χ3v) is 4.65.